The molecule has 38 heavy (non-hydrogen) atoms. The van der Waals surface area contributed by atoms with E-state index < -0.39 is 0 Å². The first-order valence-electron chi connectivity index (χ1n) is 15.7. The van der Waals surface area contributed by atoms with Crippen molar-refractivity contribution in [1.29, 1.82) is 0 Å². The highest BCUT2D eigenvalue weighted by atomic mass is 16.5. The Hall–Kier alpha value is -1.32. The molecule has 0 saturated heterocycles. The average Bonchev–Trinajstić information content (AvgIpc) is 3.20. The standard InChI is InChI=1S/C34H54O4/c1-21(2)24-12-17-34(20-37-22(3)35)19-18-32(8)25(29(24)34)10-11-27-31(7)15-14-28(38-23(4)36)30(5,6)26(31)13-16-33(27,32)9/h21,25-28H,10-20H2,1-9H3/t25-,26+,27-,28+,31+,32-,33-,34-/m1/s1. The van der Waals surface area contributed by atoms with E-state index in [0.29, 0.717) is 30.3 Å². The SMILES string of the molecule is CC(=O)OC[C@]12CCC(C(C)C)=C1[C@H]1CC[C@@H]3[C@@]4(C)CC[C@H](OC(C)=O)C(C)(C)[C@@H]4CC[C@@]3(C)[C@]1(C)CC2. The molecule has 4 nitrogen and oxygen atoms in total. The lowest BCUT2D eigenvalue weighted by molar-refractivity contribution is -0.233. The highest BCUT2D eigenvalue weighted by molar-refractivity contribution is 5.66. The molecule has 5 aliphatic carbocycles. The van der Waals surface area contributed by atoms with E-state index in [4.69, 9.17) is 9.47 Å². The van der Waals surface area contributed by atoms with Gasteiger partial charge in [-0.25, -0.2) is 0 Å². The highest BCUT2D eigenvalue weighted by Crippen LogP contribution is 2.76. The van der Waals surface area contributed by atoms with Gasteiger partial charge in [0, 0.05) is 24.7 Å². The third-order valence-corrected chi connectivity index (χ3v) is 13.6. The number of rotatable bonds is 4. The average molecular weight is 527 g/mol. The van der Waals surface area contributed by atoms with Crippen LogP contribution in [0.4, 0.5) is 0 Å². The summed E-state index contributed by atoms with van der Waals surface area (Å²) in [7, 11) is 0. The molecule has 0 N–H and O–H groups in total. The fourth-order valence-electron chi connectivity index (χ4n) is 11.6. The molecule has 0 aliphatic heterocycles. The van der Waals surface area contributed by atoms with Gasteiger partial charge in [-0.15, -0.1) is 0 Å². The zero-order valence-electron chi connectivity index (χ0n) is 25.8. The third-order valence-electron chi connectivity index (χ3n) is 13.6. The van der Waals surface area contributed by atoms with E-state index >= 15 is 0 Å². The Morgan fingerprint density at radius 1 is 0.816 bits per heavy atom. The summed E-state index contributed by atoms with van der Waals surface area (Å²) in [6, 6.07) is 0. The molecule has 0 unspecified atom stereocenters. The van der Waals surface area contributed by atoms with Crippen molar-refractivity contribution in [3.8, 4) is 0 Å². The van der Waals surface area contributed by atoms with Crippen LogP contribution in [-0.2, 0) is 19.1 Å². The Kier molecular flexibility index (Phi) is 6.76. The molecule has 0 bridgehead atoms. The Morgan fingerprint density at radius 2 is 1.53 bits per heavy atom. The minimum Gasteiger partial charge on any atom is -0.465 e. The molecule has 0 radical (unpaired) electrons. The molecule has 0 aromatic rings. The fourth-order valence-corrected chi connectivity index (χ4v) is 11.6. The van der Waals surface area contributed by atoms with Crippen molar-refractivity contribution in [3.63, 3.8) is 0 Å². The molecule has 4 fully saturated rings. The van der Waals surface area contributed by atoms with Gasteiger partial charge in [0.2, 0.25) is 0 Å². The van der Waals surface area contributed by atoms with Crippen molar-refractivity contribution in [3.05, 3.63) is 11.1 Å². The van der Waals surface area contributed by atoms with Crippen LogP contribution in [0.3, 0.4) is 0 Å². The van der Waals surface area contributed by atoms with Crippen LogP contribution in [0.25, 0.3) is 0 Å². The second-order valence-electron chi connectivity index (χ2n) is 15.7. The normalized spacial score (nSPS) is 45.5. The van der Waals surface area contributed by atoms with Gasteiger partial charge in [-0.1, -0.05) is 59.6 Å². The summed E-state index contributed by atoms with van der Waals surface area (Å²) in [5.74, 6) is 2.15. The second kappa shape index (κ2) is 9.10. The predicted molar refractivity (Wildman–Crippen MR) is 151 cm³/mol. The molecule has 0 amide bonds. The summed E-state index contributed by atoms with van der Waals surface area (Å²) in [6.45, 7) is 21.1. The monoisotopic (exact) mass is 526 g/mol. The summed E-state index contributed by atoms with van der Waals surface area (Å²) in [5, 5.41) is 0. The summed E-state index contributed by atoms with van der Waals surface area (Å²) in [6.07, 6.45) is 11.9. The minimum absolute atomic E-state index is 0.00228. The molecule has 4 saturated carbocycles. The van der Waals surface area contributed by atoms with E-state index in [1.165, 1.54) is 38.5 Å². The number of hydrogen-bond donors (Lipinski definition) is 0. The molecule has 0 spiro atoms. The zero-order chi connectivity index (χ0) is 27.9. The molecule has 5 aliphatic rings. The molecule has 0 aromatic heterocycles. The van der Waals surface area contributed by atoms with Crippen LogP contribution in [0.2, 0.25) is 0 Å². The van der Waals surface area contributed by atoms with E-state index in [2.05, 4.69) is 48.5 Å². The van der Waals surface area contributed by atoms with Gasteiger partial charge in [0.1, 0.15) is 12.7 Å². The minimum atomic E-state index is -0.140. The van der Waals surface area contributed by atoms with Gasteiger partial charge in [-0.2, -0.15) is 0 Å². The predicted octanol–water partition coefficient (Wildman–Crippen LogP) is 8.28. The molecule has 8 atom stereocenters. The van der Waals surface area contributed by atoms with Gasteiger partial charge >= 0.3 is 11.9 Å². The number of fused-ring (bicyclic) bond motifs is 7. The Labute approximate surface area is 232 Å². The van der Waals surface area contributed by atoms with E-state index in [1.54, 1.807) is 25.0 Å². The smallest absolute Gasteiger partial charge is 0.302 e. The zero-order valence-corrected chi connectivity index (χ0v) is 25.8. The number of ether oxygens (including phenoxy) is 2. The first kappa shape index (κ1) is 28.2. The largest absolute Gasteiger partial charge is 0.465 e. The first-order chi connectivity index (χ1) is 17.6. The van der Waals surface area contributed by atoms with Crippen LogP contribution in [0.15, 0.2) is 11.1 Å². The van der Waals surface area contributed by atoms with Crippen molar-refractivity contribution >= 4 is 11.9 Å². The third kappa shape index (κ3) is 3.80. The molecule has 0 aromatic carbocycles. The van der Waals surface area contributed by atoms with Gasteiger partial charge in [-0.05, 0) is 104 Å². The fraction of sp³-hybridized carbons (Fsp3) is 0.882. The van der Waals surface area contributed by atoms with Crippen LogP contribution >= 0.6 is 0 Å². The molecule has 214 valence electrons. The number of carbonyl (C=O) groups excluding carboxylic acids is 2. The molecule has 5 rings (SSSR count). The molecular weight excluding hydrogens is 472 g/mol. The van der Waals surface area contributed by atoms with Crippen molar-refractivity contribution in [2.45, 2.75) is 133 Å². The lowest BCUT2D eigenvalue weighted by Crippen LogP contribution is -2.66. The van der Waals surface area contributed by atoms with Gasteiger partial charge in [-0.3, -0.25) is 9.59 Å². The molecular formula is C34H54O4. The highest BCUT2D eigenvalue weighted by Gasteiger charge is 2.69. The topological polar surface area (TPSA) is 52.6 Å². The van der Waals surface area contributed by atoms with Crippen molar-refractivity contribution < 1.29 is 19.1 Å². The Bertz CT molecular complexity index is 1020. The number of allylic oxidation sites excluding steroid dienone is 1. The molecule has 4 heteroatoms. The van der Waals surface area contributed by atoms with Gasteiger partial charge in [0.05, 0.1) is 0 Å². The summed E-state index contributed by atoms with van der Waals surface area (Å²) < 4.78 is 11.7. The van der Waals surface area contributed by atoms with Crippen LogP contribution in [0.1, 0.15) is 127 Å². The second-order valence-corrected chi connectivity index (χ2v) is 15.7. The van der Waals surface area contributed by atoms with Crippen LogP contribution in [-0.4, -0.2) is 24.6 Å². The van der Waals surface area contributed by atoms with Crippen molar-refractivity contribution in [2.75, 3.05) is 6.61 Å². The lowest BCUT2D eigenvalue weighted by Gasteiger charge is -2.72. The van der Waals surface area contributed by atoms with Crippen LogP contribution in [0, 0.1) is 50.7 Å². The lowest BCUT2D eigenvalue weighted by atomic mass is 9.33. The van der Waals surface area contributed by atoms with Gasteiger partial charge in [0.15, 0.2) is 0 Å². The maximum atomic E-state index is 11.9. The van der Waals surface area contributed by atoms with E-state index in [1.807, 2.05) is 0 Å². The van der Waals surface area contributed by atoms with E-state index in [9.17, 15) is 9.59 Å². The number of esters is 2. The number of hydrogen-bond acceptors (Lipinski definition) is 4. The Morgan fingerprint density at radius 3 is 2.16 bits per heavy atom. The quantitative estimate of drug-likeness (QED) is 0.273. The maximum Gasteiger partial charge on any atom is 0.302 e. The van der Waals surface area contributed by atoms with Crippen molar-refractivity contribution in [2.24, 2.45) is 50.7 Å². The van der Waals surface area contributed by atoms with Gasteiger partial charge < -0.3 is 9.47 Å². The summed E-state index contributed by atoms with van der Waals surface area (Å²) in [4.78, 5) is 23.8. The van der Waals surface area contributed by atoms with Crippen LogP contribution < -0.4 is 0 Å². The maximum absolute atomic E-state index is 11.9. The number of carbonyl (C=O) groups is 2. The van der Waals surface area contributed by atoms with Crippen LogP contribution in [0.5, 0.6) is 0 Å². The summed E-state index contributed by atoms with van der Waals surface area (Å²) >= 11 is 0. The van der Waals surface area contributed by atoms with E-state index in [-0.39, 0.29) is 45.1 Å². The molecule has 0 heterocycles. The summed E-state index contributed by atoms with van der Waals surface area (Å²) in [5.41, 5.74) is 4.29. The van der Waals surface area contributed by atoms with E-state index in [0.717, 1.165) is 25.7 Å². The van der Waals surface area contributed by atoms with Crippen molar-refractivity contribution in [1.82, 2.24) is 0 Å². The Balaban J connectivity index is 1.52. The van der Waals surface area contributed by atoms with Gasteiger partial charge in [0.25, 0.3) is 0 Å². The first-order valence-corrected chi connectivity index (χ1v) is 15.7.